The predicted molar refractivity (Wildman–Crippen MR) is 133 cm³/mol. The van der Waals surface area contributed by atoms with Crippen LogP contribution in [0.5, 0.6) is 11.5 Å². The molecule has 0 radical (unpaired) electrons. The van der Waals surface area contributed by atoms with Crippen molar-refractivity contribution in [3.63, 3.8) is 0 Å². The number of aliphatic hydroxyl groups is 2. The molecular formula is C22H30Cl4N2O4. The van der Waals surface area contributed by atoms with Gasteiger partial charge in [-0.1, -0.05) is 58.5 Å². The Labute approximate surface area is 209 Å². The van der Waals surface area contributed by atoms with Gasteiger partial charge in [0.25, 0.3) is 0 Å². The number of hydrogen-bond acceptors (Lipinski definition) is 6. The molecule has 0 spiro atoms. The van der Waals surface area contributed by atoms with Crippen LogP contribution in [0.4, 0.5) is 0 Å². The summed E-state index contributed by atoms with van der Waals surface area (Å²) in [5.74, 6) is 1.22. The first kappa shape index (κ1) is 29.1. The second kappa shape index (κ2) is 18.5. The Bertz CT molecular complexity index is 705. The Balaban J connectivity index is 0.000000320. The molecule has 0 bridgehead atoms. The van der Waals surface area contributed by atoms with Crippen LogP contribution in [0.1, 0.15) is 12.8 Å². The number of nitrogens with one attached hydrogen (secondary N) is 2. The van der Waals surface area contributed by atoms with E-state index in [2.05, 4.69) is 10.6 Å². The molecule has 0 amide bonds. The van der Waals surface area contributed by atoms with E-state index >= 15 is 0 Å². The number of rotatable bonds is 14. The van der Waals surface area contributed by atoms with Gasteiger partial charge in [-0.05, 0) is 50.2 Å². The van der Waals surface area contributed by atoms with Crippen LogP contribution < -0.4 is 20.1 Å². The van der Waals surface area contributed by atoms with Crippen LogP contribution in [0.15, 0.2) is 36.4 Å². The van der Waals surface area contributed by atoms with Gasteiger partial charge in [-0.15, -0.1) is 0 Å². The van der Waals surface area contributed by atoms with E-state index in [-0.39, 0.29) is 13.2 Å². The third-order valence-electron chi connectivity index (χ3n) is 3.92. The van der Waals surface area contributed by atoms with Crippen LogP contribution in [-0.2, 0) is 0 Å². The fraction of sp³-hybridized carbons (Fsp3) is 0.455. The van der Waals surface area contributed by atoms with Crippen molar-refractivity contribution in [2.24, 2.45) is 0 Å². The second-order valence-electron chi connectivity index (χ2n) is 6.46. The standard InChI is InChI=1S/2C11H15Cl2NO2/c2*12-9-3-1-4-10(11(9)13)16-8-2-5-14-6-7-15/h2*1,3-4,14-15H,2,5-8H2. The molecule has 2 aromatic rings. The highest BCUT2D eigenvalue weighted by atomic mass is 35.5. The summed E-state index contributed by atoms with van der Waals surface area (Å²) in [7, 11) is 0. The summed E-state index contributed by atoms with van der Waals surface area (Å²) in [6.45, 7) is 4.27. The summed E-state index contributed by atoms with van der Waals surface area (Å²) in [5.41, 5.74) is 0. The van der Waals surface area contributed by atoms with E-state index in [9.17, 15) is 0 Å². The lowest BCUT2D eigenvalue weighted by Crippen LogP contribution is -2.20. The molecule has 0 unspecified atom stereocenters. The van der Waals surface area contributed by atoms with Gasteiger partial charge in [0.15, 0.2) is 0 Å². The highest BCUT2D eigenvalue weighted by Crippen LogP contribution is 2.32. The van der Waals surface area contributed by atoms with E-state index in [1.807, 2.05) is 0 Å². The van der Waals surface area contributed by atoms with Crippen molar-refractivity contribution in [1.29, 1.82) is 0 Å². The van der Waals surface area contributed by atoms with Crippen molar-refractivity contribution < 1.29 is 19.7 Å². The summed E-state index contributed by atoms with van der Waals surface area (Å²) in [6, 6.07) is 10.6. The summed E-state index contributed by atoms with van der Waals surface area (Å²) >= 11 is 23.6. The van der Waals surface area contributed by atoms with E-state index in [4.69, 9.17) is 66.1 Å². The maximum atomic E-state index is 8.54. The van der Waals surface area contributed by atoms with Crippen molar-refractivity contribution in [3.8, 4) is 11.5 Å². The zero-order chi connectivity index (χ0) is 23.6. The molecule has 0 saturated heterocycles. The van der Waals surface area contributed by atoms with Gasteiger partial charge >= 0.3 is 0 Å². The topological polar surface area (TPSA) is 83.0 Å². The third-order valence-corrected chi connectivity index (χ3v) is 5.52. The van der Waals surface area contributed by atoms with Crippen LogP contribution >= 0.6 is 46.4 Å². The van der Waals surface area contributed by atoms with Crippen molar-refractivity contribution in [1.82, 2.24) is 10.6 Å². The first-order valence-electron chi connectivity index (χ1n) is 10.3. The van der Waals surface area contributed by atoms with Crippen LogP contribution in [0.25, 0.3) is 0 Å². The zero-order valence-corrected chi connectivity index (χ0v) is 20.8. The Kier molecular flexibility index (Phi) is 16.8. The lowest BCUT2D eigenvalue weighted by Gasteiger charge is -2.08. The molecule has 0 fully saturated rings. The number of benzene rings is 2. The number of aliphatic hydroxyl groups excluding tert-OH is 2. The average Bonchev–Trinajstić information content (AvgIpc) is 2.79. The smallest absolute Gasteiger partial charge is 0.139 e. The summed E-state index contributed by atoms with van der Waals surface area (Å²) in [5, 5.41) is 25.1. The number of hydrogen-bond donors (Lipinski definition) is 4. The van der Waals surface area contributed by atoms with Crippen LogP contribution in [0, 0.1) is 0 Å². The quantitative estimate of drug-likeness (QED) is 0.267. The SMILES string of the molecule is OCCNCCCOc1cccc(Cl)c1Cl.OCCNCCCOc1cccc(Cl)c1Cl. The Morgan fingerprint density at radius 2 is 1.03 bits per heavy atom. The molecule has 0 heterocycles. The highest BCUT2D eigenvalue weighted by Gasteiger charge is 2.05. The summed E-state index contributed by atoms with van der Waals surface area (Å²) in [4.78, 5) is 0. The molecule has 0 aromatic heterocycles. The molecule has 0 saturated carbocycles. The van der Waals surface area contributed by atoms with Gasteiger partial charge < -0.3 is 30.3 Å². The van der Waals surface area contributed by atoms with Crippen LogP contribution in [-0.4, -0.2) is 62.8 Å². The van der Waals surface area contributed by atoms with E-state index < -0.39 is 0 Å². The molecule has 0 aliphatic carbocycles. The number of halogens is 4. The van der Waals surface area contributed by atoms with Crippen molar-refractivity contribution in [2.75, 3.05) is 52.6 Å². The second-order valence-corrected chi connectivity index (χ2v) is 8.03. The first-order chi connectivity index (χ1) is 15.5. The third kappa shape index (κ3) is 12.3. The molecule has 10 heteroatoms. The highest BCUT2D eigenvalue weighted by molar-refractivity contribution is 6.43. The molecule has 0 atom stereocenters. The molecular weight excluding hydrogens is 498 g/mol. The molecule has 0 aliphatic rings. The summed E-state index contributed by atoms with van der Waals surface area (Å²) < 4.78 is 11.0. The summed E-state index contributed by atoms with van der Waals surface area (Å²) in [6.07, 6.45) is 1.70. The van der Waals surface area contributed by atoms with Gasteiger partial charge in [-0.3, -0.25) is 0 Å². The normalized spacial score (nSPS) is 10.4. The Morgan fingerprint density at radius 3 is 1.41 bits per heavy atom. The van der Waals surface area contributed by atoms with E-state index in [1.165, 1.54) is 0 Å². The molecule has 2 rings (SSSR count). The minimum absolute atomic E-state index is 0.154. The lowest BCUT2D eigenvalue weighted by atomic mass is 10.3. The minimum atomic E-state index is 0.154. The predicted octanol–water partition coefficient (Wildman–Crippen LogP) is 4.69. The fourth-order valence-corrected chi connectivity index (χ4v) is 3.05. The van der Waals surface area contributed by atoms with E-state index in [0.29, 0.717) is 57.9 Å². The molecule has 32 heavy (non-hydrogen) atoms. The van der Waals surface area contributed by atoms with Crippen molar-refractivity contribution >= 4 is 46.4 Å². The average molecular weight is 528 g/mol. The van der Waals surface area contributed by atoms with Gasteiger partial charge in [0.2, 0.25) is 0 Å². The van der Waals surface area contributed by atoms with Gasteiger partial charge in [0, 0.05) is 13.1 Å². The molecule has 6 nitrogen and oxygen atoms in total. The lowest BCUT2D eigenvalue weighted by molar-refractivity contribution is 0.282. The van der Waals surface area contributed by atoms with E-state index in [0.717, 1.165) is 25.9 Å². The van der Waals surface area contributed by atoms with E-state index in [1.54, 1.807) is 36.4 Å². The van der Waals surface area contributed by atoms with Gasteiger partial charge in [-0.2, -0.15) is 0 Å². The molecule has 180 valence electrons. The van der Waals surface area contributed by atoms with Gasteiger partial charge in [0.05, 0.1) is 36.5 Å². The zero-order valence-electron chi connectivity index (χ0n) is 17.8. The van der Waals surface area contributed by atoms with Crippen LogP contribution in [0.3, 0.4) is 0 Å². The van der Waals surface area contributed by atoms with Crippen molar-refractivity contribution in [2.45, 2.75) is 12.8 Å². The largest absolute Gasteiger partial charge is 0.492 e. The van der Waals surface area contributed by atoms with Crippen LogP contribution in [0.2, 0.25) is 20.1 Å². The molecule has 2 aromatic carbocycles. The Hall–Kier alpha value is -0.960. The van der Waals surface area contributed by atoms with Crippen molar-refractivity contribution in [3.05, 3.63) is 56.5 Å². The van der Waals surface area contributed by atoms with Gasteiger partial charge in [-0.25, -0.2) is 0 Å². The maximum absolute atomic E-state index is 8.54. The number of ether oxygens (including phenoxy) is 2. The van der Waals surface area contributed by atoms with Gasteiger partial charge in [0.1, 0.15) is 21.5 Å². The minimum Gasteiger partial charge on any atom is -0.492 e. The maximum Gasteiger partial charge on any atom is 0.139 e. The first-order valence-corrected chi connectivity index (χ1v) is 11.8. The fourth-order valence-electron chi connectivity index (χ4n) is 2.36. The Morgan fingerprint density at radius 1 is 0.625 bits per heavy atom. The monoisotopic (exact) mass is 526 g/mol. The molecule has 0 aliphatic heterocycles. The molecule has 4 N–H and O–H groups in total.